The first-order chi connectivity index (χ1) is 22.4. The van der Waals surface area contributed by atoms with Crippen LogP contribution in [0.1, 0.15) is 42.9 Å². The molecule has 0 amide bonds. The second-order valence-corrected chi connectivity index (χ2v) is 10.9. The van der Waals surface area contributed by atoms with E-state index >= 15 is 8.78 Å². The number of aryl methyl sites for hydroxylation is 1. The summed E-state index contributed by atoms with van der Waals surface area (Å²) >= 11 is 0. The normalized spacial score (nSPS) is 11.4. The summed E-state index contributed by atoms with van der Waals surface area (Å²) in [6.45, 7) is 2.13. The van der Waals surface area contributed by atoms with Gasteiger partial charge in [-0.15, -0.1) is 0 Å². The summed E-state index contributed by atoms with van der Waals surface area (Å²) in [6.07, 6.45) is -0.459. The van der Waals surface area contributed by atoms with Crippen LogP contribution in [0.3, 0.4) is 0 Å². The van der Waals surface area contributed by atoms with Gasteiger partial charge in [0.1, 0.15) is 57.8 Å². The van der Waals surface area contributed by atoms with Crippen molar-refractivity contribution in [3.05, 3.63) is 137 Å². The van der Waals surface area contributed by atoms with Crippen LogP contribution in [0.5, 0.6) is 5.75 Å². The molecule has 5 aromatic carbocycles. The predicted octanol–water partition coefficient (Wildman–Crippen LogP) is 11.3. The monoisotopic (exact) mass is 651 g/mol. The topological polar surface area (TPSA) is 33.0 Å². The van der Waals surface area contributed by atoms with Crippen molar-refractivity contribution < 1.29 is 39.9 Å². The van der Waals surface area contributed by atoms with Gasteiger partial charge in [-0.1, -0.05) is 68.3 Å². The molecule has 0 radical (unpaired) electrons. The van der Waals surface area contributed by atoms with Crippen molar-refractivity contribution in [3.63, 3.8) is 0 Å². The van der Waals surface area contributed by atoms with E-state index in [1.54, 1.807) is 6.07 Å². The molecule has 0 bridgehead atoms. The van der Waals surface area contributed by atoms with Crippen LogP contribution >= 0.6 is 0 Å². The van der Waals surface area contributed by atoms with Crippen molar-refractivity contribution in [1.29, 1.82) is 5.26 Å². The first-order valence-corrected chi connectivity index (χ1v) is 14.6. The molecule has 0 aliphatic heterocycles. The Hall–Kier alpha value is -5.17. The van der Waals surface area contributed by atoms with Crippen LogP contribution in [0.4, 0.5) is 35.1 Å². The van der Waals surface area contributed by atoms with Crippen LogP contribution < -0.4 is 4.74 Å². The minimum Gasteiger partial charge on any atom is -0.429 e. The van der Waals surface area contributed by atoms with E-state index < -0.39 is 63.5 Å². The van der Waals surface area contributed by atoms with Crippen LogP contribution in [0, 0.1) is 46.2 Å². The number of unbranched alkanes of at least 4 members (excludes halogenated alkanes) is 2. The maximum Gasteiger partial charge on any atom is 0.432 e. The maximum atomic E-state index is 15.2. The highest BCUT2D eigenvalue weighted by molar-refractivity contribution is 5.74. The fraction of sp³-hybridized carbons (Fsp3) is 0.162. The highest BCUT2D eigenvalue weighted by Crippen LogP contribution is 2.39. The van der Waals surface area contributed by atoms with Crippen molar-refractivity contribution in [2.45, 2.75) is 38.7 Å². The molecule has 0 aliphatic carbocycles. The minimum absolute atomic E-state index is 0.0653. The van der Waals surface area contributed by atoms with Gasteiger partial charge >= 0.3 is 6.11 Å². The molecule has 47 heavy (non-hydrogen) atoms. The average Bonchev–Trinajstić information content (AvgIpc) is 3.00. The molecule has 0 aliphatic rings. The van der Waals surface area contributed by atoms with Gasteiger partial charge in [0.25, 0.3) is 0 Å². The molecule has 10 heteroatoms. The van der Waals surface area contributed by atoms with Gasteiger partial charge < -0.3 is 4.74 Å². The third-order valence-corrected chi connectivity index (χ3v) is 7.62. The summed E-state index contributed by atoms with van der Waals surface area (Å²) in [7, 11) is 0. The molecule has 0 spiro atoms. The number of alkyl halides is 2. The third-order valence-electron chi connectivity index (χ3n) is 7.62. The Balaban J connectivity index is 1.37. The van der Waals surface area contributed by atoms with Gasteiger partial charge in [-0.2, -0.15) is 14.0 Å². The zero-order valence-electron chi connectivity index (χ0n) is 24.8. The first-order valence-electron chi connectivity index (χ1n) is 14.6. The van der Waals surface area contributed by atoms with Gasteiger partial charge in [0.05, 0.1) is 0 Å². The van der Waals surface area contributed by atoms with Crippen LogP contribution in [-0.2, 0) is 12.5 Å². The zero-order valence-corrected chi connectivity index (χ0v) is 24.8. The number of benzene rings is 5. The lowest BCUT2D eigenvalue weighted by Crippen LogP contribution is -2.25. The molecular formula is C37H25F8NO. The summed E-state index contributed by atoms with van der Waals surface area (Å²) in [5.74, 6) is -9.49. The second-order valence-electron chi connectivity index (χ2n) is 10.9. The first kappa shape index (κ1) is 33.2. The van der Waals surface area contributed by atoms with Gasteiger partial charge in [-0.25, -0.2) is 26.3 Å². The lowest BCUT2D eigenvalue weighted by molar-refractivity contribution is -0.189. The fourth-order valence-electron chi connectivity index (χ4n) is 5.21. The maximum absolute atomic E-state index is 15.2. The van der Waals surface area contributed by atoms with Crippen LogP contribution in [0.25, 0.3) is 33.4 Å². The second kappa shape index (κ2) is 13.7. The summed E-state index contributed by atoms with van der Waals surface area (Å²) in [4.78, 5) is 0. The van der Waals surface area contributed by atoms with Gasteiger partial charge in [0.2, 0.25) is 0 Å². The van der Waals surface area contributed by atoms with Crippen LogP contribution in [-0.4, -0.2) is 0 Å². The number of ether oxygens (including phenoxy) is 1. The van der Waals surface area contributed by atoms with E-state index in [4.69, 9.17) is 5.26 Å². The number of nitriles is 1. The molecule has 0 fully saturated rings. The van der Waals surface area contributed by atoms with E-state index in [9.17, 15) is 26.3 Å². The Morgan fingerprint density at radius 3 is 1.66 bits per heavy atom. The highest BCUT2D eigenvalue weighted by Gasteiger charge is 2.41. The summed E-state index contributed by atoms with van der Waals surface area (Å²) < 4.78 is 122. The standard InChI is InChI=1S/C37H25F8NO/c1-2-3-4-5-21-6-8-22(9-7-21)23-10-12-27(30(38)14-23)24-11-13-28(31(39)15-24)25-16-34(42)36(35(43)17-25)37(44,45)47-26-18-32(40)29(20-46)33(41)19-26/h6-19H,2-5H2,1H3. The van der Waals surface area contributed by atoms with Crippen molar-refractivity contribution in [2.24, 2.45) is 0 Å². The van der Waals surface area contributed by atoms with Crippen molar-refractivity contribution >= 4 is 0 Å². The fourth-order valence-corrected chi connectivity index (χ4v) is 5.21. The van der Waals surface area contributed by atoms with Gasteiger partial charge in [0, 0.05) is 23.3 Å². The molecule has 5 aromatic rings. The van der Waals surface area contributed by atoms with Crippen LogP contribution in [0.15, 0.2) is 84.9 Å². The van der Waals surface area contributed by atoms with Crippen molar-refractivity contribution in [3.8, 4) is 45.2 Å². The molecule has 2 nitrogen and oxygen atoms in total. The smallest absolute Gasteiger partial charge is 0.429 e. The van der Waals surface area contributed by atoms with Crippen molar-refractivity contribution in [1.82, 2.24) is 0 Å². The third kappa shape index (κ3) is 7.14. The molecule has 240 valence electrons. The van der Waals surface area contributed by atoms with Gasteiger partial charge in [-0.05, 0) is 64.9 Å². The summed E-state index contributed by atoms with van der Waals surface area (Å²) in [6, 6.07) is 18.3. The van der Waals surface area contributed by atoms with E-state index in [2.05, 4.69) is 11.7 Å². The zero-order chi connectivity index (χ0) is 33.9. The minimum atomic E-state index is -4.76. The molecule has 0 aromatic heterocycles. The summed E-state index contributed by atoms with van der Waals surface area (Å²) in [5.41, 5.74) is -0.979. The number of nitrogens with zero attached hydrogens (tertiary/aromatic N) is 1. The molecule has 0 saturated heterocycles. The van der Waals surface area contributed by atoms with Crippen molar-refractivity contribution in [2.75, 3.05) is 0 Å². The average molecular weight is 652 g/mol. The predicted molar refractivity (Wildman–Crippen MR) is 161 cm³/mol. The largest absolute Gasteiger partial charge is 0.432 e. The number of hydrogen-bond donors (Lipinski definition) is 0. The SMILES string of the molecule is CCCCCc1ccc(-c2ccc(-c3ccc(-c4cc(F)c(C(F)(F)Oc5cc(F)c(C#N)c(F)c5)c(F)c4)c(F)c3)c(F)c2)cc1. The van der Waals surface area contributed by atoms with E-state index in [1.807, 2.05) is 24.3 Å². The number of hydrogen-bond acceptors (Lipinski definition) is 2. The molecule has 0 saturated carbocycles. The Kier molecular flexibility index (Phi) is 9.66. The molecular weight excluding hydrogens is 626 g/mol. The lowest BCUT2D eigenvalue weighted by Gasteiger charge is -2.20. The number of rotatable bonds is 10. The lowest BCUT2D eigenvalue weighted by atomic mass is 9.96. The van der Waals surface area contributed by atoms with Crippen LogP contribution in [0.2, 0.25) is 0 Å². The number of halogens is 8. The Morgan fingerprint density at radius 1 is 0.596 bits per heavy atom. The van der Waals surface area contributed by atoms with Gasteiger partial charge in [-0.3, -0.25) is 0 Å². The summed E-state index contributed by atoms with van der Waals surface area (Å²) in [5, 5.41) is 8.72. The molecule has 0 atom stereocenters. The van der Waals surface area contributed by atoms with E-state index in [-0.39, 0.29) is 28.8 Å². The van der Waals surface area contributed by atoms with E-state index in [1.165, 1.54) is 29.8 Å². The van der Waals surface area contributed by atoms with E-state index in [0.29, 0.717) is 17.7 Å². The molecule has 5 rings (SSSR count). The highest BCUT2D eigenvalue weighted by atomic mass is 19.3. The molecule has 0 heterocycles. The Bertz CT molecular complexity index is 1940. The van der Waals surface area contributed by atoms with E-state index in [0.717, 1.165) is 43.4 Å². The Morgan fingerprint density at radius 2 is 1.11 bits per heavy atom. The molecule has 0 unspecified atom stereocenters. The van der Waals surface area contributed by atoms with Gasteiger partial charge in [0.15, 0.2) is 0 Å². The molecule has 0 N–H and O–H groups in total. The quantitative estimate of drug-likeness (QED) is 0.111. The Labute approximate surface area is 265 Å².